The van der Waals surface area contributed by atoms with Crippen LogP contribution in [0.15, 0.2) is 12.1 Å². The first kappa shape index (κ1) is 21.5. The fraction of sp³-hybridized carbons (Fsp3) is 0.250. The number of aryl methyl sites for hydroxylation is 3. The highest BCUT2D eigenvalue weighted by molar-refractivity contribution is 7.13. The normalized spacial score (nSPS) is 10.9. The van der Waals surface area contributed by atoms with Gasteiger partial charge in [0.25, 0.3) is 11.8 Å². The van der Waals surface area contributed by atoms with Crippen LogP contribution in [-0.2, 0) is 7.05 Å². The Labute approximate surface area is 177 Å². The van der Waals surface area contributed by atoms with E-state index in [0.29, 0.717) is 10.7 Å². The SMILES string of the molecule is Cc1nc(C)c(C(=O)Nc2c(OC(F)F)ccc(C(=O)Nc3nnnn3C)c2Cl)s1. The van der Waals surface area contributed by atoms with Crippen LogP contribution in [0.2, 0.25) is 5.02 Å². The Kier molecular flexibility index (Phi) is 6.22. The van der Waals surface area contributed by atoms with Crippen LogP contribution in [0.5, 0.6) is 5.75 Å². The monoisotopic (exact) mass is 457 g/mol. The van der Waals surface area contributed by atoms with E-state index in [2.05, 4.69) is 35.9 Å². The summed E-state index contributed by atoms with van der Waals surface area (Å²) in [4.78, 5) is 29.6. The molecule has 0 aliphatic carbocycles. The molecule has 158 valence electrons. The Morgan fingerprint density at radius 3 is 2.53 bits per heavy atom. The fourth-order valence-electron chi connectivity index (χ4n) is 2.46. The van der Waals surface area contributed by atoms with Gasteiger partial charge in [0, 0.05) is 7.05 Å². The third-order valence-electron chi connectivity index (χ3n) is 3.76. The van der Waals surface area contributed by atoms with Crippen molar-refractivity contribution in [3.05, 3.63) is 38.3 Å². The Bertz CT molecular complexity index is 1120. The molecule has 30 heavy (non-hydrogen) atoms. The molecule has 0 saturated heterocycles. The van der Waals surface area contributed by atoms with E-state index in [-0.39, 0.29) is 27.1 Å². The Hall–Kier alpha value is -3.19. The number of alkyl halides is 2. The zero-order valence-electron chi connectivity index (χ0n) is 15.7. The average Bonchev–Trinajstić information content (AvgIpc) is 3.22. The summed E-state index contributed by atoms with van der Waals surface area (Å²) in [5, 5.41) is 15.8. The lowest BCUT2D eigenvalue weighted by atomic mass is 10.1. The van der Waals surface area contributed by atoms with Gasteiger partial charge in [-0.1, -0.05) is 16.7 Å². The maximum atomic E-state index is 12.8. The largest absolute Gasteiger partial charge is 0.433 e. The van der Waals surface area contributed by atoms with Crippen molar-refractivity contribution in [1.82, 2.24) is 25.2 Å². The summed E-state index contributed by atoms with van der Waals surface area (Å²) in [5.74, 6) is -1.72. The van der Waals surface area contributed by atoms with Crippen LogP contribution in [0.4, 0.5) is 20.4 Å². The van der Waals surface area contributed by atoms with Crippen molar-refractivity contribution in [3.63, 3.8) is 0 Å². The van der Waals surface area contributed by atoms with Gasteiger partial charge in [0.2, 0.25) is 5.95 Å². The van der Waals surface area contributed by atoms with Gasteiger partial charge in [-0.2, -0.15) is 8.78 Å². The van der Waals surface area contributed by atoms with E-state index in [1.165, 1.54) is 17.8 Å². The molecular weight excluding hydrogens is 444 g/mol. The van der Waals surface area contributed by atoms with Gasteiger partial charge < -0.3 is 10.1 Å². The first-order valence-electron chi connectivity index (χ1n) is 8.23. The zero-order chi connectivity index (χ0) is 22.0. The smallest absolute Gasteiger partial charge is 0.387 e. The molecular formula is C16H14ClF2N7O3S. The number of nitrogens with one attached hydrogen (secondary N) is 2. The number of nitrogens with zero attached hydrogens (tertiary/aromatic N) is 5. The maximum absolute atomic E-state index is 12.8. The number of amides is 2. The molecule has 2 heterocycles. The minimum absolute atomic E-state index is 0.0327. The summed E-state index contributed by atoms with van der Waals surface area (Å²) in [6, 6.07) is 2.28. The van der Waals surface area contributed by atoms with Crippen molar-refractivity contribution in [3.8, 4) is 5.75 Å². The summed E-state index contributed by atoms with van der Waals surface area (Å²) in [5.41, 5.74) is 0.0658. The molecule has 14 heteroatoms. The first-order chi connectivity index (χ1) is 14.2. The lowest BCUT2D eigenvalue weighted by Gasteiger charge is -2.15. The molecule has 0 saturated carbocycles. The van der Waals surface area contributed by atoms with E-state index >= 15 is 0 Å². The number of carbonyl (C=O) groups excluding carboxylic acids is 2. The molecule has 1 aromatic carbocycles. The van der Waals surface area contributed by atoms with Gasteiger partial charge in [-0.25, -0.2) is 9.67 Å². The number of ether oxygens (including phenoxy) is 1. The fourth-order valence-corrected chi connectivity index (χ4v) is 3.57. The van der Waals surface area contributed by atoms with Gasteiger partial charge in [0.05, 0.1) is 21.3 Å². The molecule has 2 amide bonds. The molecule has 0 atom stereocenters. The van der Waals surface area contributed by atoms with Crippen molar-refractivity contribution in [1.29, 1.82) is 0 Å². The van der Waals surface area contributed by atoms with E-state index in [4.69, 9.17) is 11.6 Å². The van der Waals surface area contributed by atoms with Gasteiger partial charge in [-0.05, 0) is 36.4 Å². The molecule has 0 unspecified atom stereocenters. The van der Waals surface area contributed by atoms with Gasteiger partial charge in [-0.3, -0.25) is 14.9 Å². The highest BCUT2D eigenvalue weighted by Crippen LogP contribution is 2.37. The predicted octanol–water partition coefficient (Wildman–Crippen LogP) is 3.04. The van der Waals surface area contributed by atoms with E-state index < -0.39 is 24.2 Å². The van der Waals surface area contributed by atoms with Crippen molar-refractivity contribution < 1.29 is 23.1 Å². The number of hydrogen-bond donors (Lipinski definition) is 2. The second kappa shape index (κ2) is 8.67. The van der Waals surface area contributed by atoms with Crippen LogP contribution in [0.1, 0.15) is 30.7 Å². The van der Waals surface area contributed by atoms with Crippen LogP contribution >= 0.6 is 22.9 Å². The lowest BCUT2D eigenvalue weighted by molar-refractivity contribution is -0.0493. The molecule has 0 aliphatic rings. The van der Waals surface area contributed by atoms with Crippen molar-refractivity contribution in [2.75, 3.05) is 10.6 Å². The van der Waals surface area contributed by atoms with E-state index in [1.54, 1.807) is 13.8 Å². The molecule has 2 aromatic heterocycles. The van der Waals surface area contributed by atoms with Gasteiger partial charge in [0.15, 0.2) is 5.75 Å². The highest BCUT2D eigenvalue weighted by atomic mass is 35.5. The second-order valence-corrected chi connectivity index (χ2v) is 7.44. The zero-order valence-corrected chi connectivity index (χ0v) is 17.3. The minimum Gasteiger partial charge on any atom is -0.433 e. The van der Waals surface area contributed by atoms with Crippen LogP contribution in [0.25, 0.3) is 0 Å². The molecule has 0 radical (unpaired) electrons. The minimum atomic E-state index is -3.17. The number of benzene rings is 1. The van der Waals surface area contributed by atoms with E-state index in [9.17, 15) is 18.4 Å². The highest BCUT2D eigenvalue weighted by Gasteiger charge is 2.24. The van der Waals surface area contributed by atoms with Gasteiger partial charge >= 0.3 is 6.61 Å². The third-order valence-corrected chi connectivity index (χ3v) is 5.22. The van der Waals surface area contributed by atoms with Crippen molar-refractivity contribution >= 4 is 46.4 Å². The Morgan fingerprint density at radius 1 is 1.23 bits per heavy atom. The Balaban J connectivity index is 1.97. The molecule has 0 aliphatic heterocycles. The molecule has 0 fully saturated rings. The summed E-state index contributed by atoms with van der Waals surface area (Å²) >= 11 is 7.40. The predicted molar refractivity (Wildman–Crippen MR) is 104 cm³/mol. The van der Waals surface area contributed by atoms with E-state index in [1.807, 2.05) is 0 Å². The van der Waals surface area contributed by atoms with Crippen LogP contribution < -0.4 is 15.4 Å². The third kappa shape index (κ3) is 4.52. The van der Waals surface area contributed by atoms with Crippen LogP contribution in [-0.4, -0.2) is 43.6 Å². The second-order valence-electron chi connectivity index (χ2n) is 5.86. The first-order valence-corrected chi connectivity index (χ1v) is 9.43. The summed E-state index contributed by atoms with van der Waals surface area (Å²) in [7, 11) is 1.50. The average molecular weight is 458 g/mol. The number of thiazole rings is 1. The maximum Gasteiger partial charge on any atom is 0.387 e. The van der Waals surface area contributed by atoms with Gasteiger partial charge in [0.1, 0.15) is 10.6 Å². The number of carbonyl (C=O) groups is 2. The molecule has 3 aromatic rings. The standard InChI is InChI=1S/C16H14ClF2N7O3S/c1-6-12(30-7(2)20-6)14(28)21-11-9(29-15(18)19)5-4-8(10(11)17)13(27)22-16-23-24-25-26(16)3/h4-5,15H,1-3H3,(H,21,28)(H,22,23,25,27). The van der Waals surface area contributed by atoms with E-state index in [0.717, 1.165) is 17.4 Å². The molecule has 10 nitrogen and oxygen atoms in total. The summed E-state index contributed by atoms with van der Waals surface area (Å²) < 4.78 is 31.3. The summed E-state index contributed by atoms with van der Waals surface area (Å²) in [6.45, 7) is 0.183. The number of aromatic nitrogens is 5. The quantitative estimate of drug-likeness (QED) is 0.583. The van der Waals surface area contributed by atoms with Gasteiger partial charge in [-0.15, -0.1) is 11.3 Å². The number of hydrogen-bond acceptors (Lipinski definition) is 8. The van der Waals surface area contributed by atoms with Crippen LogP contribution in [0.3, 0.4) is 0 Å². The number of tetrazole rings is 1. The molecule has 3 rings (SSSR count). The number of halogens is 3. The topological polar surface area (TPSA) is 124 Å². The van der Waals surface area contributed by atoms with Crippen molar-refractivity contribution in [2.45, 2.75) is 20.5 Å². The van der Waals surface area contributed by atoms with Crippen LogP contribution in [0, 0.1) is 13.8 Å². The Morgan fingerprint density at radius 2 is 1.97 bits per heavy atom. The van der Waals surface area contributed by atoms with Crippen molar-refractivity contribution in [2.24, 2.45) is 7.05 Å². The number of rotatable bonds is 6. The lowest BCUT2D eigenvalue weighted by Crippen LogP contribution is -2.18. The molecule has 0 spiro atoms. The number of anilines is 2. The molecule has 0 bridgehead atoms. The summed E-state index contributed by atoms with van der Waals surface area (Å²) in [6.07, 6.45) is 0. The molecule has 2 N–H and O–H groups in total.